The highest BCUT2D eigenvalue weighted by Gasteiger charge is 2.33. The van der Waals surface area contributed by atoms with Crippen molar-refractivity contribution in [1.29, 1.82) is 5.26 Å². The van der Waals surface area contributed by atoms with E-state index in [0.717, 1.165) is 24.0 Å². The molecule has 1 heterocycles. The summed E-state index contributed by atoms with van der Waals surface area (Å²) in [6, 6.07) is 19.3. The second-order valence-electron chi connectivity index (χ2n) is 7.28. The zero-order valence-corrected chi connectivity index (χ0v) is 23.6. The molecule has 174 valence electrons. The number of amides is 1. The maximum atomic E-state index is 13.1. The van der Waals surface area contributed by atoms with Crippen molar-refractivity contribution in [3.05, 3.63) is 95.0 Å². The Hall–Kier alpha value is -2.47. The molecule has 1 aliphatic rings. The van der Waals surface area contributed by atoms with E-state index in [-0.39, 0.29) is 11.5 Å². The van der Waals surface area contributed by atoms with Gasteiger partial charge in [0.2, 0.25) is 0 Å². The number of nitriles is 1. The lowest BCUT2D eigenvalue weighted by Crippen LogP contribution is -2.27. The maximum Gasteiger partial charge on any atom is 0.335 e. The number of carbonyl (C=O) groups excluding carboxylic acids is 1. The molecule has 0 spiro atoms. The number of halogens is 2. The summed E-state index contributed by atoms with van der Waals surface area (Å²) >= 11 is 11.0. The summed E-state index contributed by atoms with van der Waals surface area (Å²) in [4.78, 5) is 26.2. The first-order valence-corrected chi connectivity index (χ1v) is 13.4. The number of anilines is 1. The number of carbonyl (C=O) groups is 2. The number of hydrogen-bond donors (Lipinski definition) is 1. The molecule has 0 atom stereocenters. The van der Waals surface area contributed by atoms with E-state index in [1.807, 2.05) is 24.3 Å². The van der Waals surface area contributed by atoms with Crippen molar-refractivity contribution in [2.24, 2.45) is 0 Å². The molecule has 1 amide bonds. The molecular weight excluding hydrogens is 710 g/mol. The standard InChI is InChI=1S/C25H14I2N2O4S2/c26-19-8-16(9-20(27)22(19)33-13-15-6-4-14(12-28)5-7-15)10-21-23(30)29(25(34)35-21)18-3-1-2-17(11-18)24(31)32/h1-11H,13H2,(H,31,32)/b21-10+. The van der Waals surface area contributed by atoms with Crippen LogP contribution in [0.1, 0.15) is 27.0 Å². The van der Waals surface area contributed by atoms with Crippen LogP contribution in [0.5, 0.6) is 5.75 Å². The third kappa shape index (κ3) is 5.85. The lowest BCUT2D eigenvalue weighted by atomic mass is 10.1. The number of hydrogen-bond acceptors (Lipinski definition) is 6. The predicted molar refractivity (Wildman–Crippen MR) is 156 cm³/mol. The highest BCUT2D eigenvalue weighted by Crippen LogP contribution is 2.37. The van der Waals surface area contributed by atoms with Crippen LogP contribution in [-0.2, 0) is 11.4 Å². The monoisotopic (exact) mass is 724 g/mol. The number of aromatic carboxylic acids is 1. The zero-order chi connectivity index (χ0) is 25.1. The minimum atomic E-state index is -1.07. The van der Waals surface area contributed by atoms with Gasteiger partial charge in [0.05, 0.1) is 34.9 Å². The Morgan fingerprint density at radius 2 is 1.83 bits per heavy atom. The molecule has 35 heavy (non-hydrogen) atoms. The van der Waals surface area contributed by atoms with Crippen molar-refractivity contribution in [2.45, 2.75) is 6.61 Å². The fraction of sp³-hybridized carbons (Fsp3) is 0.0400. The van der Waals surface area contributed by atoms with Crippen LogP contribution in [0.15, 0.2) is 65.6 Å². The van der Waals surface area contributed by atoms with Gasteiger partial charge in [-0.05, 0) is 105 Å². The van der Waals surface area contributed by atoms with Gasteiger partial charge in [-0.15, -0.1) is 0 Å². The molecule has 1 aliphatic heterocycles. The van der Waals surface area contributed by atoms with E-state index in [1.165, 1.54) is 28.8 Å². The Labute approximate surface area is 238 Å². The van der Waals surface area contributed by atoms with E-state index in [4.69, 9.17) is 22.2 Å². The molecular formula is C25H14I2N2O4S2. The lowest BCUT2D eigenvalue weighted by molar-refractivity contribution is -0.113. The summed E-state index contributed by atoms with van der Waals surface area (Å²) in [5.74, 6) is -0.627. The average Bonchev–Trinajstić information content (AvgIpc) is 3.11. The van der Waals surface area contributed by atoms with Gasteiger partial charge in [-0.2, -0.15) is 5.26 Å². The lowest BCUT2D eigenvalue weighted by Gasteiger charge is -2.15. The number of ether oxygens (including phenoxy) is 1. The Kier molecular flexibility index (Phi) is 8.10. The number of carboxylic acids is 1. The molecule has 3 aromatic carbocycles. The highest BCUT2D eigenvalue weighted by molar-refractivity contribution is 14.1. The van der Waals surface area contributed by atoms with Gasteiger partial charge in [0, 0.05) is 0 Å². The first-order chi connectivity index (χ1) is 16.8. The van der Waals surface area contributed by atoms with Crippen LogP contribution in [0.25, 0.3) is 6.08 Å². The maximum absolute atomic E-state index is 13.1. The fourth-order valence-corrected chi connectivity index (χ4v) is 6.68. The Morgan fingerprint density at radius 1 is 1.14 bits per heavy atom. The first-order valence-electron chi connectivity index (χ1n) is 9.99. The third-order valence-electron chi connectivity index (χ3n) is 4.93. The van der Waals surface area contributed by atoms with E-state index in [1.54, 1.807) is 30.3 Å². The van der Waals surface area contributed by atoms with Gasteiger partial charge >= 0.3 is 5.97 Å². The van der Waals surface area contributed by atoms with Crippen molar-refractivity contribution in [2.75, 3.05) is 4.90 Å². The number of nitrogens with zero attached hydrogens (tertiary/aromatic N) is 2. The number of carboxylic acid groups (broad SMARTS) is 1. The van der Waals surface area contributed by atoms with Crippen LogP contribution in [0, 0.1) is 18.5 Å². The van der Waals surface area contributed by atoms with Crippen LogP contribution >= 0.6 is 69.2 Å². The van der Waals surface area contributed by atoms with Crippen LogP contribution in [0.2, 0.25) is 0 Å². The summed E-state index contributed by atoms with van der Waals surface area (Å²) < 4.78 is 8.15. The molecule has 1 N–H and O–H groups in total. The largest absolute Gasteiger partial charge is 0.487 e. The van der Waals surface area contributed by atoms with Crippen LogP contribution < -0.4 is 9.64 Å². The van der Waals surface area contributed by atoms with E-state index in [9.17, 15) is 14.7 Å². The van der Waals surface area contributed by atoms with Gasteiger partial charge < -0.3 is 9.84 Å². The van der Waals surface area contributed by atoms with Crippen LogP contribution in [0.3, 0.4) is 0 Å². The van der Waals surface area contributed by atoms with Gasteiger partial charge in [0.15, 0.2) is 4.32 Å². The molecule has 10 heteroatoms. The Bertz CT molecular complexity index is 1410. The van der Waals surface area contributed by atoms with E-state index < -0.39 is 5.97 Å². The average molecular weight is 724 g/mol. The van der Waals surface area contributed by atoms with Gasteiger partial charge in [0.25, 0.3) is 5.91 Å². The van der Waals surface area contributed by atoms with Crippen molar-refractivity contribution < 1.29 is 19.4 Å². The summed E-state index contributed by atoms with van der Waals surface area (Å²) in [5, 5.41) is 18.2. The number of thiocarbonyl (C=S) groups is 1. The fourth-order valence-electron chi connectivity index (χ4n) is 3.25. The van der Waals surface area contributed by atoms with Gasteiger partial charge in [-0.1, -0.05) is 42.2 Å². The zero-order valence-electron chi connectivity index (χ0n) is 17.7. The molecule has 1 saturated heterocycles. The summed E-state index contributed by atoms with van der Waals surface area (Å²) in [6.45, 7) is 0.366. The summed E-state index contributed by atoms with van der Waals surface area (Å²) in [6.07, 6.45) is 1.77. The van der Waals surface area contributed by atoms with Crippen molar-refractivity contribution in [3.63, 3.8) is 0 Å². The van der Waals surface area contributed by atoms with Gasteiger partial charge in [0.1, 0.15) is 12.4 Å². The number of rotatable bonds is 6. The smallest absolute Gasteiger partial charge is 0.335 e. The molecule has 0 aliphatic carbocycles. The second kappa shape index (κ2) is 11.1. The molecule has 0 unspecified atom stereocenters. The topological polar surface area (TPSA) is 90.6 Å². The highest BCUT2D eigenvalue weighted by atomic mass is 127. The van der Waals surface area contributed by atoms with E-state index in [2.05, 4.69) is 51.3 Å². The molecule has 0 radical (unpaired) electrons. The third-order valence-corrected chi connectivity index (χ3v) is 7.83. The van der Waals surface area contributed by atoms with Crippen molar-refractivity contribution in [1.82, 2.24) is 0 Å². The normalized spacial score (nSPS) is 14.3. The minimum absolute atomic E-state index is 0.0845. The second-order valence-corrected chi connectivity index (χ2v) is 11.3. The number of thioether (sulfide) groups is 1. The summed E-state index contributed by atoms with van der Waals surface area (Å²) in [5.41, 5.74) is 2.88. The van der Waals surface area contributed by atoms with Gasteiger partial charge in [-0.25, -0.2) is 4.79 Å². The molecule has 0 bridgehead atoms. The van der Waals surface area contributed by atoms with Crippen LogP contribution in [-0.4, -0.2) is 21.3 Å². The quantitative estimate of drug-likeness (QED) is 0.178. The minimum Gasteiger partial charge on any atom is -0.487 e. The SMILES string of the molecule is N#Cc1ccc(COc2c(I)cc(/C=C3/SC(=S)N(c4cccc(C(=O)O)c4)C3=O)cc2I)cc1. The molecule has 0 aromatic heterocycles. The molecule has 3 aromatic rings. The van der Waals surface area contributed by atoms with Crippen LogP contribution in [0.4, 0.5) is 5.69 Å². The van der Waals surface area contributed by atoms with E-state index in [0.29, 0.717) is 27.1 Å². The summed E-state index contributed by atoms with van der Waals surface area (Å²) in [7, 11) is 0. The first kappa shape index (κ1) is 25.6. The van der Waals surface area contributed by atoms with E-state index >= 15 is 0 Å². The van der Waals surface area contributed by atoms with Crippen molar-refractivity contribution in [3.8, 4) is 11.8 Å². The number of benzene rings is 3. The predicted octanol–water partition coefficient (Wildman–Crippen LogP) is 6.45. The Balaban J connectivity index is 1.54. The van der Waals surface area contributed by atoms with Gasteiger partial charge in [-0.3, -0.25) is 9.69 Å². The molecule has 0 saturated carbocycles. The molecule has 6 nitrogen and oxygen atoms in total. The van der Waals surface area contributed by atoms with Crippen molar-refractivity contribution >= 4 is 97.1 Å². The Morgan fingerprint density at radius 3 is 2.46 bits per heavy atom. The molecule has 1 fully saturated rings. The molecule has 4 rings (SSSR count).